The molecule has 2 aromatic heterocycles. The Bertz CT molecular complexity index is 1200. The Kier molecular flexibility index (Phi) is 3.30. The molecule has 5 rings (SSSR count). The lowest BCUT2D eigenvalue weighted by molar-refractivity contribution is 0.174. The molecule has 132 valence electrons. The number of ether oxygens (including phenoxy) is 2. The van der Waals surface area contributed by atoms with Crippen LogP contribution in [0.25, 0.3) is 16.9 Å². The van der Waals surface area contributed by atoms with Gasteiger partial charge in [-0.25, -0.2) is 9.50 Å². The van der Waals surface area contributed by atoms with Crippen molar-refractivity contribution in [2.24, 2.45) is 0 Å². The Balaban J connectivity index is 1.65. The van der Waals surface area contributed by atoms with Gasteiger partial charge in [-0.05, 0) is 19.1 Å². The van der Waals surface area contributed by atoms with Gasteiger partial charge in [-0.2, -0.15) is 5.26 Å². The second-order valence-electron chi connectivity index (χ2n) is 6.33. The number of nitrogens with one attached hydrogen (secondary N) is 2. The Labute approximate surface area is 154 Å². The topological polar surface area (TPSA) is 87.4 Å². The van der Waals surface area contributed by atoms with E-state index >= 15 is 0 Å². The molecule has 0 saturated heterocycles. The number of aryl methyl sites for hydroxylation is 1. The van der Waals surface area contributed by atoms with Crippen LogP contribution in [0, 0.1) is 18.3 Å². The molecule has 0 atom stereocenters. The number of imidazole rings is 1. The lowest BCUT2D eigenvalue weighted by atomic mass is 10.1. The molecule has 3 heterocycles. The fraction of sp³-hybridized carbons (Fsp3) is 0.100. The number of aromatic amines is 1. The summed E-state index contributed by atoms with van der Waals surface area (Å²) in [5.41, 5.74) is 4.80. The average molecular weight is 357 g/mol. The highest BCUT2D eigenvalue weighted by atomic mass is 16.7. The predicted molar refractivity (Wildman–Crippen MR) is 100 cm³/mol. The maximum Gasteiger partial charge on any atom is 0.231 e. The first-order chi connectivity index (χ1) is 13.2. The van der Waals surface area contributed by atoms with Crippen LogP contribution in [0.15, 0.2) is 48.7 Å². The first kappa shape index (κ1) is 15.3. The molecule has 0 bridgehead atoms. The number of aromatic nitrogens is 3. The van der Waals surface area contributed by atoms with E-state index in [1.165, 1.54) is 5.56 Å². The van der Waals surface area contributed by atoms with Crippen molar-refractivity contribution in [2.45, 2.75) is 6.92 Å². The third-order valence-electron chi connectivity index (χ3n) is 4.54. The van der Waals surface area contributed by atoms with Crippen molar-refractivity contribution in [3.8, 4) is 28.8 Å². The van der Waals surface area contributed by atoms with Crippen LogP contribution in [0.2, 0.25) is 0 Å². The normalized spacial score (nSPS) is 12.3. The zero-order chi connectivity index (χ0) is 18.4. The maximum absolute atomic E-state index is 9.35. The van der Waals surface area contributed by atoms with Crippen molar-refractivity contribution >= 4 is 17.2 Å². The van der Waals surface area contributed by atoms with E-state index in [9.17, 15) is 5.26 Å². The quantitative estimate of drug-likeness (QED) is 0.579. The monoisotopic (exact) mass is 357 g/mol. The molecule has 0 aliphatic carbocycles. The van der Waals surface area contributed by atoms with Crippen LogP contribution in [-0.4, -0.2) is 21.4 Å². The van der Waals surface area contributed by atoms with Gasteiger partial charge in [-0.15, -0.1) is 0 Å². The minimum absolute atomic E-state index is 0.229. The van der Waals surface area contributed by atoms with Gasteiger partial charge >= 0.3 is 0 Å². The molecule has 0 spiro atoms. The molecule has 0 radical (unpaired) electrons. The molecule has 7 heteroatoms. The molecule has 1 aliphatic heterocycles. The van der Waals surface area contributed by atoms with Gasteiger partial charge in [-0.3, -0.25) is 5.10 Å². The van der Waals surface area contributed by atoms with Gasteiger partial charge in [-0.1, -0.05) is 29.8 Å². The highest BCUT2D eigenvalue weighted by Gasteiger charge is 2.19. The summed E-state index contributed by atoms with van der Waals surface area (Å²) in [4.78, 5) is 4.70. The SMILES string of the molecule is Cc1ccc(-c2nc3c(C#N)c[nH]n3c2Nc2ccc3c(c2)OCO3)cc1. The van der Waals surface area contributed by atoms with Gasteiger partial charge in [0.1, 0.15) is 17.3 Å². The molecular formula is C20H15N5O2. The summed E-state index contributed by atoms with van der Waals surface area (Å²) >= 11 is 0. The summed E-state index contributed by atoms with van der Waals surface area (Å²) in [6.07, 6.45) is 1.64. The van der Waals surface area contributed by atoms with Gasteiger partial charge < -0.3 is 14.8 Å². The molecule has 7 nitrogen and oxygen atoms in total. The fourth-order valence-corrected chi connectivity index (χ4v) is 3.14. The van der Waals surface area contributed by atoms with Crippen molar-refractivity contribution in [1.82, 2.24) is 14.6 Å². The average Bonchev–Trinajstić information content (AvgIpc) is 3.38. The number of benzene rings is 2. The maximum atomic E-state index is 9.35. The van der Waals surface area contributed by atoms with Gasteiger partial charge in [0.05, 0.1) is 0 Å². The number of rotatable bonds is 3. The van der Waals surface area contributed by atoms with Gasteiger partial charge in [0.25, 0.3) is 0 Å². The van der Waals surface area contributed by atoms with Crippen LogP contribution in [0.4, 0.5) is 11.5 Å². The highest BCUT2D eigenvalue weighted by molar-refractivity contribution is 5.81. The zero-order valence-electron chi connectivity index (χ0n) is 14.5. The molecule has 0 fully saturated rings. The summed E-state index contributed by atoms with van der Waals surface area (Å²) < 4.78 is 12.6. The Morgan fingerprint density at radius 2 is 1.96 bits per heavy atom. The molecule has 0 unspecified atom stereocenters. The van der Waals surface area contributed by atoms with Crippen molar-refractivity contribution in [3.63, 3.8) is 0 Å². The lowest BCUT2D eigenvalue weighted by Crippen LogP contribution is -1.97. The number of nitrogens with zero attached hydrogens (tertiary/aromatic N) is 3. The van der Waals surface area contributed by atoms with Gasteiger partial charge in [0, 0.05) is 23.5 Å². The van der Waals surface area contributed by atoms with Crippen molar-refractivity contribution in [3.05, 3.63) is 59.8 Å². The third kappa shape index (κ3) is 2.47. The largest absolute Gasteiger partial charge is 0.454 e. The van der Waals surface area contributed by atoms with E-state index < -0.39 is 0 Å². The van der Waals surface area contributed by atoms with E-state index in [1.54, 1.807) is 10.7 Å². The minimum Gasteiger partial charge on any atom is -0.454 e. The van der Waals surface area contributed by atoms with Gasteiger partial charge in [0.15, 0.2) is 23.0 Å². The van der Waals surface area contributed by atoms with E-state index in [0.29, 0.717) is 17.0 Å². The summed E-state index contributed by atoms with van der Waals surface area (Å²) in [6, 6.07) is 16.0. The van der Waals surface area contributed by atoms with Crippen LogP contribution >= 0.6 is 0 Å². The number of fused-ring (bicyclic) bond motifs is 2. The molecule has 0 saturated carbocycles. The second kappa shape index (κ2) is 5.81. The molecule has 4 aromatic rings. The van der Waals surface area contributed by atoms with Crippen LogP contribution in [0.3, 0.4) is 0 Å². The Morgan fingerprint density at radius 3 is 2.78 bits per heavy atom. The highest BCUT2D eigenvalue weighted by Crippen LogP contribution is 2.37. The summed E-state index contributed by atoms with van der Waals surface area (Å²) in [6.45, 7) is 2.27. The summed E-state index contributed by atoms with van der Waals surface area (Å²) in [5, 5.41) is 15.8. The van der Waals surface area contributed by atoms with Crippen LogP contribution in [0.1, 0.15) is 11.1 Å². The molecular weight excluding hydrogens is 342 g/mol. The molecule has 0 amide bonds. The molecule has 2 N–H and O–H groups in total. The van der Waals surface area contributed by atoms with E-state index in [4.69, 9.17) is 14.5 Å². The minimum atomic E-state index is 0.229. The number of H-pyrrole nitrogens is 1. The number of hydrogen-bond donors (Lipinski definition) is 2. The van der Waals surface area contributed by atoms with Crippen LogP contribution < -0.4 is 14.8 Å². The van der Waals surface area contributed by atoms with E-state index in [1.807, 2.05) is 49.4 Å². The van der Waals surface area contributed by atoms with E-state index in [-0.39, 0.29) is 6.79 Å². The number of nitriles is 1. The molecule has 1 aliphatic rings. The first-order valence-corrected chi connectivity index (χ1v) is 8.46. The predicted octanol–water partition coefficient (Wildman–Crippen LogP) is 3.98. The standard InChI is InChI=1S/C20H15N5O2/c1-12-2-4-13(5-3-12)18-20(25-19(24-18)14(9-21)10-22-25)23-15-6-7-16-17(8-15)27-11-26-16/h2-8,10,22-23H,11H2,1H3. The second-order valence-corrected chi connectivity index (χ2v) is 6.33. The Morgan fingerprint density at radius 1 is 1.15 bits per heavy atom. The van der Waals surface area contributed by atoms with Crippen LogP contribution in [-0.2, 0) is 0 Å². The number of anilines is 2. The smallest absolute Gasteiger partial charge is 0.231 e. The molecule has 2 aromatic carbocycles. The van der Waals surface area contributed by atoms with E-state index in [0.717, 1.165) is 28.5 Å². The van der Waals surface area contributed by atoms with Crippen molar-refractivity contribution in [1.29, 1.82) is 5.26 Å². The van der Waals surface area contributed by atoms with Crippen molar-refractivity contribution < 1.29 is 9.47 Å². The Hall–Kier alpha value is -3.92. The van der Waals surface area contributed by atoms with E-state index in [2.05, 4.69) is 16.5 Å². The van der Waals surface area contributed by atoms with Crippen LogP contribution in [0.5, 0.6) is 11.5 Å². The zero-order valence-corrected chi connectivity index (χ0v) is 14.5. The summed E-state index contributed by atoms with van der Waals surface area (Å²) in [5.74, 6) is 2.17. The van der Waals surface area contributed by atoms with Gasteiger partial charge in [0.2, 0.25) is 6.79 Å². The number of hydrogen-bond acceptors (Lipinski definition) is 5. The summed E-state index contributed by atoms with van der Waals surface area (Å²) in [7, 11) is 0. The first-order valence-electron chi connectivity index (χ1n) is 8.46. The molecule has 27 heavy (non-hydrogen) atoms. The fourth-order valence-electron chi connectivity index (χ4n) is 3.14. The lowest BCUT2D eigenvalue weighted by Gasteiger charge is -2.09. The van der Waals surface area contributed by atoms with Crippen molar-refractivity contribution in [2.75, 3.05) is 12.1 Å². The third-order valence-corrected chi connectivity index (χ3v) is 4.54.